The zero-order chi connectivity index (χ0) is 20.7. The number of guanidine groups is 1. The first-order valence-corrected chi connectivity index (χ1v) is 8.53. The number of benzene rings is 1. The van der Waals surface area contributed by atoms with E-state index in [2.05, 4.69) is 20.7 Å². The molecule has 1 aromatic carbocycles. The normalized spacial score (nSPS) is 12.0. The van der Waals surface area contributed by atoms with Gasteiger partial charge in [-0.15, -0.1) is 0 Å². The minimum Gasteiger partial charge on any atom is -0.493 e. The van der Waals surface area contributed by atoms with Gasteiger partial charge in [0.1, 0.15) is 0 Å². The van der Waals surface area contributed by atoms with Crippen LogP contribution in [0.1, 0.15) is 16.8 Å². The number of methoxy groups -OCH3 is 2. The van der Waals surface area contributed by atoms with Gasteiger partial charge in [-0.05, 0) is 24.1 Å². The number of aromatic nitrogens is 2. The molecule has 0 amide bonds. The van der Waals surface area contributed by atoms with E-state index in [1.54, 1.807) is 21.3 Å². The number of aliphatic imine (C=N–C) groups is 1. The molecule has 10 heteroatoms. The lowest BCUT2D eigenvalue weighted by Crippen LogP contribution is -2.38. The summed E-state index contributed by atoms with van der Waals surface area (Å²) in [6, 6.07) is 5.62. The van der Waals surface area contributed by atoms with Crippen LogP contribution in [0.5, 0.6) is 11.5 Å². The number of aryl methyl sites for hydroxylation is 1. The summed E-state index contributed by atoms with van der Waals surface area (Å²) in [7, 11) is 6.15. The topological polar surface area (TPSA) is 72.7 Å². The molecule has 0 aliphatic rings. The summed E-state index contributed by atoms with van der Waals surface area (Å²) in [5.41, 5.74) is 0.174. The Morgan fingerprint density at radius 2 is 1.89 bits per heavy atom. The number of hydrogen-bond donors (Lipinski definition) is 2. The second-order valence-electron chi connectivity index (χ2n) is 5.97. The first-order chi connectivity index (χ1) is 13.3. The van der Waals surface area contributed by atoms with E-state index in [1.807, 2.05) is 18.2 Å². The van der Waals surface area contributed by atoms with Crippen molar-refractivity contribution in [1.82, 2.24) is 20.4 Å². The van der Waals surface area contributed by atoms with Crippen molar-refractivity contribution in [3.05, 3.63) is 41.2 Å². The first kappa shape index (κ1) is 21.4. The molecule has 2 N–H and O–H groups in total. The lowest BCUT2D eigenvalue weighted by atomic mass is 10.1. The summed E-state index contributed by atoms with van der Waals surface area (Å²) < 4.78 is 50.6. The highest BCUT2D eigenvalue weighted by molar-refractivity contribution is 5.79. The molecule has 0 aliphatic carbocycles. The fraction of sp³-hybridized carbons (Fsp3) is 0.444. The van der Waals surface area contributed by atoms with Gasteiger partial charge in [-0.25, -0.2) is 0 Å². The molecule has 0 spiro atoms. The maximum Gasteiger partial charge on any atom is 0.435 e. The van der Waals surface area contributed by atoms with Crippen LogP contribution in [0.15, 0.2) is 29.4 Å². The fourth-order valence-corrected chi connectivity index (χ4v) is 2.67. The summed E-state index contributed by atoms with van der Waals surface area (Å²) in [6.45, 7) is 0.493. The molecule has 2 aromatic rings. The van der Waals surface area contributed by atoms with E-state index in [-0.39, 0.29) is 12.1 Å². The van der Waals surface area contributed by atoms with Crippen LogP contribution >= 0.6 is 0 Å². The lowest BCUT2D eigenvalue weighted by Gasteiger charge is -2.13. The Balaban J connectivity index is 1.91. The van der Waals surface area contributed by atoms with Crippen LogP contribution in [0.2, 0.25) is 0 Å². The van der Waals surface area contributed by atoms with Crippen LogP contribution in [-0.2, 0) is 26.2 Å². The SMILES string of the molecule is CN=C(NCCc1ccc(OC)c(OC)c1)NCc1cn(C)nc1C(F)(F)F. The zero-order valence-corrected chi connectivity index (χ0v) is 16.2. The van der Waals surface area contributed by atoms with E-state index in [4.69, 9.17) is 9.47 Å². The van der Waals surface area contributed by atoms with Crippen molar-refractivity contribution in [1.29, 1.82) is 0 Å². The third kappa shape index (κ3) is 5.54. The molecule has 1 aromatic heterocycles. The van der Waals surface area contributed by atoms with E-state index >= 15 is 0 Å². The average Bonchev–Trinajstić information content (AvgIpc) is 3.05. The quantitative estimate of drug-likeness (QED) is 0.553. The molecule has 0 aliphatic heterocycles. The standard InChI is InChI=1S/C18H24F3N5O2/c1-22-17(24-10-13-11-26(2)25-16(13)18(19,20)21)23-8-7-12-5-6-14(27-3)15(9-12)28-4/h5-6,9,11H,7-8,10H2,1-4H3,(H2,22,23,24). The highest BCUT2D eigenvalue weighted by atomic mass is 19.4. The number of nitrogens with one attached hydrogen (secondary N) is 2. The molecule has 2 rings (SSSR count). The third-order valence-corrected chi connectivity index (χ3v) is 4.00. The second kappa shape index (κ2) is 9.34. The molecule has 0 radical (unpaired) electrons. The first-order valence-electron chi connectivity index (χ1n) is 8.53. The van der Waals surface area contributed by atoms with Crippen molar-refractivity contribution in [3.8, 4) is 11.5 Å². The van der Waals surface area contributed by atoms with Crippen LogP contribution in [-0.4, -0.2) is 43.6 Å². The number of halogens is 3. The highest BCUT2D eigenvalue weighted by Crippen LogP contribution is 2.30. The van der Waals surface area contributed by atoms with Gasteiger partial charge in [-0.1, -0.05) is 6.07 Å². The molecule has 7 nitrogen and oxygen atoms in total. The Kier molecular flexibility index (Phi) is 7.13. The maximum atomic E-state index is 13.0. The number of ether oxygens (including phenoxy) is 2. The van der Waals surface area contributed by atoms with Crippen LogP contribution in [0, 0.1) is 0 Å². The van der Waals surface area contributed by atoms with Crippen molar-refractivity contribution in [2.75, 3.05) is 27.8 Å². The summed E-state index contributed by atoms with van der Waals surface area (Å²) in [5, 5.41) is 9.44. The zero-order valence-electron chi connectivity index (χ0n) is 16.2. The van der Waals surface area contributed by atoms with Crippen LogP contribution < -0.4 is 20.1 Å². The minimum atomic E-state index is -4.50. The van der Waals surface area contributed by atoms with E-state index in [9.17, 15) is 13.2 Å². The molecule has 0 unspecified atom stereocenters. The van der Waals surface area contributed by atoms with E-state index in [0.29, 0.717) is 30.4 Å². The van der Waals surface area contributed by atoms with Crippen molar-refractivity contribution >= 4 is 5.96 Å². The van der Waals surface area contributed by atoms with Gasteiger partial charge < -0.3 is 20.1 Å². The van der Waals surface area contributed by atoms with Gasteiger partial charge in [0.05, 0.1) is 14.2 Å². The van der Waals surface area contributed by atoms with Gasteiger partial charge >= 0.3 is 6.18 Å². The molecule has 0 atom stereocenters. The second-order valence-corrected chi connectivity index (χ2v) is 5.97. The Bertz CT molecular complexity index is 818. The summed E-state index contributed by atoms with van der Waals surface area (Å²) in [4.78, 5) is 4.04. The Morgan fingerprint density at radius 3 is 2.50 bits per heavy atom. The molecular formula is C18H24F3N5O2. The average molecular weight is 399 g/mol. The maximum absolute atomic E-state index is 13.0. The van der Waals surface area contributed by atoms with Gasteiger partial charge in [0.15, 0.2) is 23.2 Å². The predicted molar refractivity (Wildman–Crippen MR) is 99.7 cm³/mol. The molecular weight excluding hydrogens is 375 g/mol. The Morgan fingerprint density at radius 1 is 1.18 bits per heavy atom. The van der Waals surface area contributed by atoms with Gasteiger partial charge in [0.25, 0.3) is 0 Å². The molecule has 0 bridgehead atoms. The van der Waals surface area contributed by atoms with Gasteiger partial charge in [0, 0.05) is 38.9 Å². The summed E-state index contributed by atoms with van der Waals surface area (Å²) >= 11 is 0. The predicted octanol–water partition coefficient (Wildman–Crippen LogP) is 2.36. The van der Waals surface area contributed by atoms with Crippen molar-refractivity contribution in [2.24, 2.45) is 12.0 Å². The Labute approximate surface area is 161 Å². The fourth-order valence-electron chi connectivity index (χ4n) is 2.67. The monoisotopic (exact) mass is 399 g/mol. The van der Waals surface area contributed by atoms with Crippen LogP contribution in [0.4, 0.5) is 13.2 Å². The smallest absolute Gasteiger partial charge is 0.435 e. The summed E-state index contributed by atoms with van der Waals surface area (Å²) in [6.07, 6.45) is -2.49. The molecule has 0 saturated heterocycles. The molecule has 0 fully saturated rings. The Hall–Kier alpha value is -2.91. The lowest BCUT2D eigenvalue weighted by molar-refractivity contribution is -0.142. The number of hydrogen-bond acceptors (Lipinski definition) is 4. The molecule has 154 valence electrons. The molecule has 1 heterocycles. The highest BCUT2D eigenvalue weighted by Gasteiger charge is 2.36. The van der Waals surface area contributed by atoms with Crippen LogP contribution in [0.25, 0.3) is 0 Å². The largest absolute Gasteiger partial charge is 0.493 e. The molecule has 28 heavy (non-hydrogen) atoms. The van der Waals surface area contributed by atoms with Crippen molar-refractivity contribution in [2.45, 2.75) is 19.1 Å². The minimum absolute atomic E-state index is 0.0429. The number of alkyl halides is 3. The van der Waals surface area contributed by atoms with E-state index in [1.165, 1.54) is 13.2 Å². The van der Waals surface area contributed by atoms with E-state index in [0.717, 1.165) is 10.2 Å². The van der Waals surface area contributed by atoms with Gasteiger partial charge in [0.2, 0.25) is 0 Å². The number of rotatable bonds is 7. The number of nitrogens with zero attached hydrogens (tertiary/aromatic N) is 3. The summed E-state index contributed by atoms with van der Waals surface area (Å²) in [5.74, 6) is 1.69. The van der Waals surface area contributed by atoms with Crippen molar-refractivity contribution in [3.63, 3.8) is 0 Å². The molecule has 0 saturated carbocycles. The van der Waals surface area contributed by atoms with E-state index < -0.39 is 11.9 Å². The van der Waals surface area contributed by atoms with Crippen molar-refractivity contribution < 1.29 is 22.6 Å². The van der Waals surface area contributed by atoms with Gasteiger partial charge in [-0.3, -0.25) is 9.67 Å². The van der Waals surface area contributed by atoms with Gasteiger partial charge in [-0.2, -0.15) is 18.3 Å². The van der Waals surface area contributed by atoms with Crippen LogP contribution in [0.3, 0.4) is 0 Å². The third-order valence-electron chi connectivity index (χ3n) is 4.00.